The molecule has 4 rings (SSSR count). The molecule has 27 heavy (non-hydrogen) atoms. The van der Waals surface area contributed by atoms with Gasteiger partial charge in [0.1, 0.15) is 11.9 Å². The Hall–Kier alpha value is -2.57. The van der Waals surface area contributed by atoms with Crippen molar-refractivity contribution in [2.45, 2.75) is 31.8 Å². The van der Waals surface area contributed by atoms with Crippen molar-refractivity contribution < 1.29 is 19.1 Å². The van der Waals surface area contributed by atoms with Crippen LogP contribution >= 0.6 is 0 Å². The lowest BCUT2D eigenvalue weighted by molar-refractivity contribution is -0.134. The molecule has 3 fully saturated rings. The Labute approximate surface area is 158 Å². The first kappa shape index (κ1) is 17.8. The molecule has 0 radical (unpaired) electrons. The van der Waals surface area contributed by atoms with Gasteiger partial charge in [0, 0.05) is 50.5 Å². The molecule has 0 aromatic heterocycles. The van der Waals surface area contributed by atoms with Crippen LogP contribution in [0.25, 0.3) is 0 Å². The first-order valence-electron chi connectivity index (χ1n) is 9.71. The molecular weight excluding hydrogens is 346 g/mol. The lowest BCUT2D eigenvalue weighted by Crippen LogP contribution is -2.49. The summed E-state index contributed by atoms with van der Waals surface area (Å²) < 4.78 is 6.03. The number of ether oxygens (including phenoxy) is 1. The van der Waals surface area contributed by atoms with Gasteiger partial charge in [-0.15, -0.1) is 0 Å². The minimum absolute atomic E-state index is 0.0978. The van der Waals surface area contributed by atoms with Crippen molar-refractivity contribution in [3.63, 3.8) is 0 Å². The van der Waals surface area contributed by atoms with Crippen molar-refractivity contribution in [2.75, 3.05) is 32.7 Å². The van der Waals surface area contributed by atoms with Crippen LogP contribution in [0.5, 0.6) is 5.75 Å². The van der Waals surface area contributed by atoms with E-state index in [9.17, 15) is 14.4 Å². The summed E-state index contributed by atoms with van der Waals surface area (Å²) in [5.74, 6) is 1.06. The molecule has 3 aliphatic rings. The number of rotatable bonds is 4. The van der Waals surface area contributed by atoms with Crippen molar-refractivity contribution in [1.82, 2.24) is 15.1 Å². The molecule has 1 aromatic rings. The van der Waals surface area contributed by atoms with Crippen LogP contribution in [0, 0.1) is 5.92 Å². The van der Waals surface area contributed by atoms with Crippen molar-refractivity contribution in [3.8, 4) is 5.75 Å². The number of nitrogens with zero attached hydrogens (tertiary/aromatic N) is 2. The summed E-state index contributed by atoms with van der Waals surface area (Å²) in [4.78, 5) is 39.5. The van der Waals surface area contributed by atoms with Gasteiger partial charge in [0.2, 0.25) is 11.8 Å². The van der Waals surface area contributed by atoms with Crippen LogP contribution in [0.15, 0.2) is 24.3 Å². The van der Waals surface area contributed by atoms with Crippen LogP contribution in [-0.4, -0.2) is 66.3 Å². The second kappa shape index (κ2) is 7.58. The average molecular weight is 371 g/mol. The summed E-state index contributed by atoms with van der Waals surface area (Å²) in [6.07, 6.45) is 3.86. The molecule has 7 heteroatoms. The van der Waals surface area contributed by atoms with Crippen molar-refractivity contribution in [1.29, 1.82) is 0 Å². The van der Waals surface area contributed by atoms with E-state index in [1.165, 1.54) is 0 Å². The second-order valence-electron chi connectivity index (χ2n) is 7.52. The van der Waals surface area contributed by atoms with E-state index in [2.05, 4.69) is 5.32 Å². The summed E-state index contributed by atoms with van der Waals surface area (Å²) >= 11 is 0. The van der Waals surface area contributed by atoms with Crippen LogP contribution in [0.3, 0.4) is 0 Å². The fourth-order valence-electron chi connectivity index (χ4n) is 3.65. The Morgan fingerprint density at radius 1 is 0.963 bits per heavy atom. The number of carbonyl (C=O) groups excluding carboxylic acids is 3. The Bertz CT molecular complexity index is 721. The lowest BCUT2D eigenvalue weighted by Gasteiger charge is -2.32. The smallest absolute Gasteiger partial charge is 0.254 e. The summed E-state index contributed by atoms with van der Waals surface area (Å²) in [6.45, 7) is 2.64. The number of hydrogen-bond acceptors (Lipinski definition) is 4. The number of benzene rings is 1. The molecule has 1 N–H and O–H groups in total. The Kier molecular flexibility index (Phi) is 5.01. The molecule has 0 unspecified atom stereocenters. The van der Waals surface area contributed by atoms with E-state index in [0.717, 1.165) is 44.5 Å². The zero-order chi connectivity index (χ0) is 18.8. The molecule has 144 valence electrons. The fourth-order valence-corrected chi connectivity index (χ4v) is 3.65. The summed E-state index contributed by atoms with van der Waals surface area (Å²) in [7, 11) is 0. The molecule has 3 amide bonds. The van der Waals surface area contributed by atoms with Crippen LogP contribution in [0.4, 0.5) is 0 Å². The van der Waals surface area contributed by atoms with E-state index in [1.807, 2.05) is 4.90 Å². The summed E-state index contributed by atoms with van der Waals surface area (Å²) in [6, 6.07) is 7.10. The van der Waals surface area contributed by atoms with E-state index in [4.69, 9.17) is 4.74 Å². The third-order valence-electron chi connectivity index (χ3n) is 5.41. The maximum atomic E-state index is 12.5. The van der Waals surface area contributed by atoms with E-state index in [0.29, 0.717) is 24.6 Å². The van der Waals surface area contributed by atoms with Gasteiger partial charge in [-0.25, -0.2) is 0 Å². The van der Waals surface area contributed by atoms with Gasteiger partial charge in [-0.1, -0.05) is 0 Å². The van der Waals surface area contributed by atoms with E-state index < -0.39 is 0 Å². The monoisotopic (exact) mass is 371 g/mol. The van der Waals surface area contributed by atoms with Gasteiger partial charge < -0.3 is 19.9 Å². The highest BCUT2D eigenvalue weighted by atomic mass is 16.5. The molecule has 1 saturated carbocycles. The molecule has 0 bridgehead atoms. The lowest BCUT2D eigenvalue weighted by atomic mass is 10.1. The Balaban J connectivity index is 1.28. The molecule has 1 aromatic carbocycles. The number of likely N-dealkylation sites (tertiary alicyclic amines) is 1. The quantitative estimate of drug-likeness (QED) is 0.858. The summed E-state index contributed by atoms with van der Waals surface area (Å²) in [5, 5.41) is 2.72. The zero-order valence-electron chi connectivity index (χ0n) is 15.4. The van der Waals surface area contributed by atoms with Crippen LogP contribution in [0.2, 0.25) is 0 Å². The molecule has 2 heterocycles. The normalized spacial score (nSPS) is 21.0. The second-order valence-corrected chi connectivity index (χ2v) is 7.52. The topological polar surface area (TPSA) is 79.0 Å². The maximum Gasteiger partial charge on any atom is 0.254 e. The molecule has 2 saturated heterocycles. The minimum atomic E-state index is -0.136. The fraction of sp³-hybridized carbons (Fsp3) is 0.550. The standard InChI is InChI=1S/C20H25N3O4/c24-18-13-23(12-9-21-18)20(26)15-3-5-16(6-4-15)27-17-7-10-22(11-8-17)19(25)14-1-2-14/h3-6,14,17H,1-2,7-13H2,(H,21,24). The molecule has 0 spiro atoms. The third-order valence-corrected chi connectivity index (χ3v) is 5.41. The first-order chi connectivity index (χ1) is 13.1. The highest BCUT2D eigenvalue weighted by molar-refractivity contribution is 5.97. The number of hydrogen-bond donors (Lipinski definition) is 1. The highest BCUT2D eigenvalue weighted by Crippen LogP contribution is 2.32. The summed E-state index contributed by atoms with van der Waals surface area (Å²) in [5.41, 5.74) is 0.557. The maximum absolute atomic E-state index is 12.5. The Morgan fingerprint density at radius 2 is 1.67 bits per heavy atom. The van der Waals surface area contributed by atoms with E-state index in [1.54, 1.807) is 29.2 Å². The van der Waals surface area contributed by atoms with Crippen molar-refractivity contribution >= 4 is 17.7 Å². The number of carbonyl (C=O) groups is 3. The molecule has 2 aliphatic heterocycles. The predicted molar refractivity (Wildman–Crippen MR) is 98.3 cm³/mol. The number of piperazine rings is 1. The van der Waals surface area contributed by atoms with Crippen LogP contribution in [0.1, 0.15) is 36.0 Å². The molecular formula is C20H25N3O4. The third kappa shape index (κ3) is 4.23. The van der Waals surface area contributed by atoms with Crippen molar-refractivity contribution in [3.05, 3.63) is 29.8 Å². The highest BCUT2D eigenvalue weighted by Gasteiger charge is 2.35. The van der Waals surface area contributed by atoms with Gasteiger partial charge in [-0.3, -0.25) is 14.4 Å². The van der Waals surface area contributed by atoms with Gasteiger partial charge in [-0.2, -0.15) is 0 Å². The number of piperidine rings is 1. The number of nitrogens with one attached hydrogen (secondary N) is 1. The van der Waals surface area contributed by atoms with Gasteiger partial charge in [0.15, 0.2) is 0 Å². The molecule has 0 atom stereocenters. The largest absolute Gasteiger partial charge is 0.490 e. The van der Waals surface area contributed by atoms with Crippen LogP contribution < -0.4 is 10.1 Å². The zero-order valence-corrected chi connectivity index (χ0v) is 15.4. The Morgan fingerprint density at radius 3 is 2.30 bits per heavy atom. The van der Waals surface area contributed by atoms with Crippen LogP contribution in [-0.2, 0) is 9.59 Å². The molecule has 7 nitrogen and oxygen atoms in total. The van der Waals surface area contributed by atoms with Crippen molar-refractivity contribution in [2.24, 2.45) is 5.92 Å². The minimum Gasteiger partial charge on any atom is -0.490 e. The first-order valence-corrected chi connectivity index (χ1v) is 9.71. The van der Waals surface area contributed by atoms with Gasteiger partial charge in [0.25, 0.3) is 5.91 Å². The predicted octanol–water partition coefficient (Wildman–Crippen LogP) is 1.04. The van der Waals surface area contributed by atoms with Gasteiger partial charge in [0.05, 0.1) is 6.54 Å². The SMILES string of the molecule is O=C1CN(C(=O)c2ccc(OC3CCN(C(=O)C4CC4)CC3)cc2)CCN1. The van der Waals surface area contributed by atoms with E-state index in [-0.39, 0.29) is 30.4 Å². The van der Waals surface area contributed by atoms with Gasteiger partial charge >= 0.3 is 0 Å². The van der Waals surface area contributed by atoms with Gasteiger partial charge in [-0.05, 0) is 37.1 Å². The molecule has 1 aliphatic carbocycles. The average Bonchev–Trinajstić information content (AvgIpc) is 3.53. The number of amides is 3. The van der Waals surface area contributed by atoms with E-state index >= 15 is 0 Å².